The Morgan fingerprint density at radius 3 is 2.46 bits per heavy atom. The molecule has 3 rings (SSSR count). The number of aromatic nitrogens is 9. The van der Waals surface area contributed by atoms with Crippen molar-refractivity contribution in [2.75, 3.05) is 12.0 Å². The number of alkyl halides is 3. The number of hydrogen-bond donors (Lipinski definition) is 0. The van der Waals surface area contributed by atoms with E-state index in [1.54, 1.807) is 0 Å². The Bertz CT molecular complexity index is 1200. The van der Waals surface area contributed by atoms with Gasteiger partial charge in [0.2, 0.25) is 0 Å². The number of carbonyl (C=O) groups is 2. The Balaban J connectivity index is 1.97. The number of halogens is 3. The van der Waals surface area contributed by atoms with Gasteiger partial charge < -0.3 is 14.2 Å². The number of pyridine rings is 1. The summed E-state index contributed by atoms with van der Waals surface area (Å²) in [6.45, 7) is 0.593. The molecule has 35 heavy (non-hydrogen) atoms. The van der Waals surface area contributed by atoms with Crippen molar-refractivity contribution in [2.45, 2.75) is 32.5 Å². The lowest BCUT2D eigenvalue weighted by molar-refractivity contribution is -0.141. The summed E-state index contributed by atoms with van der Waals surface area (Å²) in [5.41, 5.74) is -1.87. The van der Waals surface area contributed by atoms with Crippen LogP contribution in [0.4, 0.5) is 23.9 Å². The van der Waals surface area contributed by atoms with Crippen LogP contribution < -0.4 is 4.90 Å². The van der Waals surface area contributed by atoms with Gasteiger partial charge in [0, 0.05) is 7.05 Å². The molecule has 0 N–H and O–H groups in total. The van der Waals surface area contributed by atoms with Crippen molar-refractivity contribution in [1.29, 1.82) is 0 Å². The highest BCUT2D eigenvalue weighted by molar-refractivity contribution is 6.06. The van der Waals surface area contributed by atoms with E-state index in [0.29, 0.717) is 6.07 Å². The molecular formula is C17H19F3N10O5. The van der Waals surface area contributed by atoms with Gasteiger partial charge in [-0.05, 0) is 34.7 Å². The summed E-state index contributed by atoms with van der Waals surface area (Å²) in [5, 5.41) is 22.0. The predicted octanol–water partition coefficient (Wildman–Crippen LogP) is 0.640. The smallest absolute Gasteiger partial charge is 0.438 e. The predicted molar refractivity (Wildman–Crippen MR) is 105 cm³/mol. The molecule has 18 heteroatoms. The summed E-state index contributed by atoms with van der Waals surface area (Å²) in [4.78, 5) is 30.7. The number of nitrogens with zero attached hydrogens (tertiary/aromatic N) is 10. The zero-order chi connectivity index (χ0) is 25.8. The number of hydrogen-bond acceptors (Lipinski definition) is 12. The van der Waals surface area contributed by atoms with Crippen LogP contribution in [0.5, 0.6) is 0 Å². The monoisotopic (exact) mass is 500 g/mol. The minimum atomic E-state index is -4.78. The van der Waals surface area contributed by atoms with Gasteiger partial charge in [-0.3, -0.25) is 4.79 Å². The molecule has 3 heterocycles. The third kappa shape index (κ3) is 6.02. The van der Waals surface area contributed by atoms with Crippen LogP contribution in [-0.4, -0.2) is 70.8 Å². The van der Waals surface area contributed by atoms with Crippen LogP contribution in [0.25, 0.3) is 0 Å². The molecule has 0 saturated carbocycles. The van der Waals surface area contributed by atoms with Crippen molar-refractivity contribution >= 4 is 18.0 Å². The van der Waals surface area contributed by atoms with Crippen LogP contribution in [0, 0.1) is 0 Å². The molecule has 1 amide bonds. The van der Waals surface area contributed by atoms with E-state index < -0.39 is 36.8 Å². The SMILES string of the molecule is COC(=O)OC(C)N(C(=O)c1ccc(C(F)(F)F)nc1COCc1nnn(C)n1)c1nnnn1C. The Morgan fingerprint density at radius 1 is 1.14 bits per heavy atom. The van der Waals surface area contributed by atoms with Crippen LogP contribution in [0.3, 0.4) is 0 Å². The van der Waals surface area contributed by atoms with Crippen LogP contribution in [0.2, 0.25) is 0 Å². The first kappa shape index (κ1) is 25.4. The van der Waals surface area contributed by atoms with Crippen molar-refractivity contribution in [3.8, 4) is 0 Å². The number of carbonyl (C=O) groups excluding carboxylic acids is 2. The number of methoxy groups -OCH3 is 1. The Hall–Kier alpha value is -4.22. The quantitative estimate of drug-likeness (QED) is 0.313. The van der Waals surface area contributed by atoms with E-state index in [-0.39, 0.29) is 29.6 Å². The molecule has 1 unspecified atom stereocenters. The average molecular weight is 500 g/mol. The van der Waals surface area contributed by atoms with E-state index in [4.69, 9.17) is 9.47 Å². The van der Waals surface area contributed by atoms with Crippen molar-refractivity contribution in [3.63, 3.8) is 0 Å². The number of amides is 1. The maximum absolute atomic E-state index is 13.5. The largest absolute Gasteiger partial charge is 0.509 e. The third-order valence-corrected chi connectivity index (χ3v) is 4.34. The van der Waals surface area contributed by atoms with Crippen LogP contribution in [0.15, 0.2) is 12.1 Å². The lowest BCUT2D eigenvalue weighted by atomic mass is 10.1. The standard InChI is InChI=1S/C17H19F3N10O5/c1-9(35-16(32)33-4)30(15-23-25-27-28(15)2)14(31)10-5-6-12(17(18,19)20)21-11(10)7-34-8-13-22-26-29(3)24-13/h5-6,9H,7-8H2,1-4H3. The summed E-state index contributed by atoms with van der Waals surface area (Å²) < 4.78 is 55.9. The molecule has 1 atom stereocenters. The highest BCUT2D eigenvalue weighted by Gasteiger charge is 2.36. The highest BCUT2D eigenvalue weighted by Crippen LogP contribution is 2.29. The fraction of sp³-hybridized carbons (Fsp3) is 0.471. The lowest BCUT2D eigenvalue weighted by Crippen LogP contribution is -2.43. The van der Waals surface area contributed by atoms with Crippen molar-refractivity contribution in [1.82, 2.24) is 45.4 Å². The zero-order valence-electron chi connectivity index (χ0n) is 18.8. The Labute approximate surface area is 194 Å². The van der Waals surface area contributed by atoms with E-state index in [1.807, 2.05) is 0 Å². The first-order chi connectivity index (χ1) is 16.5. The van der Waals surface area contributed by atoms with E-state index in [1.165, 1.54) is 25.8 Å². The van der Waals surface area contributed by atoms with Crippen LogP contribution in [0.1, 0.15) is 34.5 Å². The molecule has 15 nitrogen and oxygen atoms in total. The molecule has 0 saturated heterocycles. The second kappa shape index (κ2) is 10.4. The molecule has 0 radical (unpaired) electrons. The van der Waals surface area contributed by atoms with Crippen LogP contribution in [-0.2, 0) is 47.7 Å². The number of ether oxygens (including phenoxy) is 3. The maximum Gasteiger partial charge on any atom is 0.509 e. The van der Waals surface area contributed by atoms with E-state index in [2.05, 4.69) is 40.7 Å². The third-order valence-electron chi connectivity index (χ3n) is 4.34. The fourth-order valence-electron chi connectivity index (χ4n) is 2.80. The molecule has 0 aromatic carbocycles. The number of aryl methyl sites for hydroxylation is 2. The van der Waals surface area contributed by atoms with Gasteiger partial charge in [-0.1, -0.05) is 5.10 Å². The second-order valence-corrected chi connectivity index (χ2v) is 6.83. The number of anilines is 1. The van der Waals surface area contributed by atoms with Gasteiger partial charge in [-0.2, -0.15) is 18.0 Å². The van der Waals surface area contributed by atoms with Crippen molar-refractivity contribution < 1.29 is 37.0 Å². The Kier molecular flexibility index (Phi) is 7.52. The van der Waals surface area contributed by atoms with Gasteiger partial charge >= 0.3 is 12.3 Å². The fourth-order valence-corrected chi connectivity index (χ4v) is 2.80. The minimum Gasteiger partial charge on any atom is -0.438 e. The molecule has 3 aromatic rings. The average Bonchev–Trinajstić information content (AvgIpc) is 3.41. The summed E-state index contributed by atoms with van der Waals surface area (Å²) >= 11 is 0. The molecule has 188 valence electrons. The molecule has 0 aliphatic rings. The summed E-state index contributed by atoms with van der Waals surface area (Å²) in [7, 11) is 3.99. The van der Waals surface area contributed by atoms with Gasteiger partial charge in [0.05, 0.1) is 32.0 Å². The van der Waals surface area contributed by atoms with Gasteiger partial charge in [-0.15, -0.1) is 10.2 Å². The number of rotatable bonds is 8. The van der Waals surface area contributed by atoms with E-state index in [9.17, 15) is 22.8 Å². The lowest BCUT2D eigenvalue weighted by Gasteiger charge is -2.27. The minimum absolute atomic E-state index is 0.165. The second-order valence-electron chi connectivity index (χ2n) is 6.83. The number of tetrazole rings is 2. The molecule has 3 aromatic heterocycles. The molecule has 0 aliphatic heterocycles. The van der Waals surface area contributed by atoms with Gasteiger partial charge in [0.25, 0.3) is 11.9 Å². The summed E-state index contributed by atoms with van der Waals surface area (Å²) in [5.74, 6) is -0.919. The van der Waals surface area contributed by atoms with E-state index >= 15 is 0 Å². The van der Waals surface area contributed by atoms with Crippen molar-refractivity contribution in [3.05, 3.63) is 34.9 Å². The molecule has 0 spiro atoms. The normalized spacial score (nSPS) is 12.3. The van der Waals surface area contributed by atoms with Gasteiger partial charge in [0.1, 0.15) is 12.3 Å². The first-order valence-corrected chi connectivity index (χ1v) is 9.69. The Morgan fingerprint density at radius 2 is 1.89 bits per heavy atom. The molecule has 0 bridgehead atoms. The van der Waals surface area contributed by atoms with Gasteiger partial charge in [-0.25, -0.2) is 19.4 Å². The maximum atomic E-state index is 13.5. The summed E-state index contributed by atoms with van der Waals surface area (Å²) in [6, 6.07) is 1.57. The highest BCUT2D eigenvalue weighted by atomic mass is 19.4. The topological polar surface area (TPSA) is 165 Å². The molecule has 0 fully saturated rings. The molecular weight excluding hydrogens is 481 g/mol. The van der Waals surface area contributed by atoms with Crippen LogP contribution >= 0.6 is 0 Å². The zero-order valence-corrected chi connectivity index (χ0v) is 18.8. The molecule has 0 aliphatic carbocycles. The van der Waals surface area contributed by atoms with E-state index in [0.717, 1.165) is 22.8 Å². The first-order valence-electron chi connectivity index (χ1n) is 9.69. The summed E-state index contributed by atoms with van der Waals surface area (Å²) in [6.07, 6.45) is -7.22. The van der Waals surface area contributed by atoms with Gasteiger partial charge in [0.15, 0.2) is 12.1 Å². The van der Waals surface area contributed by atoms with Crippen molar-refractivity contribution in [2.24, 2.45) is 14.1 Å².